The molecule has 5 aromatic rings. The van der Waals surface area contributed by atoms with E-state index in [1.807, 2.05) is 30.3 Å². The predicted octanol–water partition coefficient (Wildman–Crippen LogP) is 4.83. The highest BCUT2D eigenvalue weighted by molar-refractivity contribution is 6.36. The Morgan fingerprint density at radius 2 is 1.85 bits per heavy atom. The van der Waals surface area contributed by atoms with Gasteiger partial charge in [0.2, 0.25) is 0 Å². The molecule has 3 aromatic carbocycles. The lowest BCUT2D eigenvalue weighted by Gasteiger charge is -2.09. The van der Waals surface area contributed by atoms with Gasteiger partial charge in [0.15, 0.2) is 5.65 Å². The summed E-state index contributed by atoms with van der Waals surface area (Å²) in [6, 6.07) is 19.6. The summed E-state index contributed by atoms with van der Waals surface area (Å²) in [4.78, 5) is 29.0. The molecule has 0 fully saturated rings. The molecule has 0 spiro atoms. The topological polar surface area (TPSA) is 102 Å². The van der Waals surface area contributed by atoms with Crippen molar-refractivity contribution in [3.05, 3.63) is 98.3 Å². The molecule has 9 heteroatoms. The van der Waals surface area contributed by atoms with E-state index in [1.54, 1.807) is 30.3 Å². The minimum absolute atomic E-state index is 0.0498. The van der Waals surface area contributed by atoms with Gasteiger partial charge in [0.1, 0.15) is 29.0 Å². The van der Waals surface area contributed by atoms with Crippen LogP contribution in [0.25, 0.3) is 27.8 Å². The number of aromatic nitrogens is 3. The molecular weight excluding hydrogens is 463 g/mol. The number of fused-ring (bicyclic) bond motifs is 2. The number of nitrogens with one attached hydrogen (secondary N) is 1. The summed E-state index contributed by atoms with van der Waals surface area (Å²) in [5, 5.41) is 5.39. The average molecular weight is 479 g/mol. The molecule has 0 aliphatic carbocycles. The highest BCUT2D eigenvalue weighted by Crippen LogP contribution is 2.33. The first kappa shape index (κ1) is 21.1. The second-order valence-electron chi connectivity index (χ2n) is 7.36. The number of carbonyl (C=O) groups excluding carboxylic acids is 1. The Hall–Kier alpha value is -3.81. The molecule has 0 bridgehead atoms. The van der Waals surface area contributed by atoms with E-state index < -0.39 is 11.5 Å². The molecule has 0 aliphatic rings. The number of H-pyrrole nitrogens is 1. The van der Waals surface area contributed by atoms with Crippen LogP contribution in [0.3, 0.4) is 0 Å². The van der Waals surface area contributed by atoms with E-state index >= 15 is 0 Å². The number of carbonyl (C=O) groups is 1. The number of ether oxygens (including phenoxy) is 1. The molecule has 0 atom stereocenters. The zero-order valence-corrected chi connectivity index (χ0v) is 18.5. The van der Waals surface area contributed by atoms with Crippen LogP contribution in [0.4, 0.5) is 0 Å². The number of hydrogen-bond donors (Lipinski definition) is 2. The maximum Gasteiger partial charge on any atom is 0.286 e. The van der Waals surface area contributed by atoms with Crippen molar-refractivity contribution >= 4 is 45.7 Å². The number of primary amides is 1. The Morgan fingerprint density at radius 3 is 2.58 bits per heavy atom. The molecule has 164 valence electrons. The van der Waals surface area contributed by atoms with Crippen LogP contribution < -0.4 is 16.0 Å². The number of benzene rings is 3. The van der Waals surface area contributed by atoms with Crippen LogP contribution in [0.15, 0.2) is 71.5 Å². The molecule has 3 N–H and O–H groups in total. The largest absolute Gasteiger partial charge is 0.488 e. The lowest BCUT2D eigenvalue weighted by atomic mass is 10.1. The van der Waals surface area contributed by atoms with Gasteiger partial charge in [0.25, 0.3) is 11.5 Å². The van der Waals surface area contributed by atoms with Gasteiger partial charge < -0.3 is 15.5 Å². The first-order chi connectivity index (χ1) is 15.9. The van der Waals surface area contributed by atoms with E-state index in [2.05, 4.69) is 10.1 Å². The van der Waals surface area contributed by atoms with Crippen molar-refractivity contribution in [2.45, 2.75) is 6.61 Å². The SMILES string of the molecule is NC(=O)c1c(-c2ccc(Cl)cc2Cl)nn2c(=O)c3c(OCc4ccccc4)cccc3[nH]c12. The second-order valence-corrected chi connectivity index (χ2v) is 8.20. The van der Waals surface area contributed by atoms with Crippen LogP contribution >= 0.6 is 23.2 Å². The Bertz CT molecular complexity index is 1590. The fraction of sp³-hybridized carbons (Fsp3) is 0.0417. The van der Waals surface area contributed by atoms with Crippen LogP contribution in [0.2, 0.25) is 10.0 Å². The summed E-state index contributed by atoms with van der Waals surface area (Å²) >= 11 is 12.3. The predicted molar refractivity (Wildman–Crippen MR) is 128 cm³/mol. The maximum absolute atomic E-state index is 13.5. The third-order valence-corrected chi connectivity index (χ3v) is 5.79. The fourth-order valence-electron chi connectivity index (χ4n) is 3.73. The summed E-state index contributed by atoms with van der Waals surface area (Å²) in [7, 11) is 0. The minimum Gasteiger partial charge on any atom is -0.488 e. The summed E-state index contributed by atoms with van der Waals surface area (Å²) in [6.45, 7) is 0.286. The van der Waals surface area contributed by atoms with E-state index in [4.69, 9.17) is 33.7 Å². The van der Waals surface area contributed by atoms with E-state index in [9.17, 15) is 9.59 Å². The van der Waals surface area contributed by atoms with Gasteiger partial charge in [0.05, 0.1) is 10.5 Å². The van der Waals surface area contributed by atoms with Gasteiger partial charge in [-0.05, 0) is 35.9 Å². The Balaban J connectivity index is 1.72. The standard InChI is InChI=1S/C24H16Cl2N4O3/c25-14-9-10-15(16(26)11-14)21-20(22(27)31)23-28-17-7-4-8-18(19(17)24(32)30(23)29-21)33-12-13-5-2-1-3-6-13/h1-11,28H,12H2,(H2,27,31). The Morgan fingerprint density at radius 1 is 1.06 bits per heavy atom. The molecule has 0 radical (unpaired) electrons. The van der Waals surface area contributed by atoms with Gasteiger partial charge >= 0.3 is 0 Å². The normalized spacial score (nSPS) is 11.2. The first-order valence-corrected chi connectivity index (χ1v) is 10.7. The number of halogens is 2. The molecule has 1 amide bonds. The average Bonchev–Trinajstić information content (AvgIpc) is 3.18. The van der Waals surface area contributed by atoms with Gasteiger partial charge in [-0.25, -0.2) is 0 Å². The molecule has 2 aromatic heterocycles. The molecule has 0 saturated heterocycles. The number of rotatable bonds is 5. The van der Waals surface area contributed by atoms with Crippen molar-refractivity contribution in [1.29, 1.82) is 0 Å². The molecule has 0 aliphatic heterocycles. The maximum atomic E-state index is 13.5. The van der Waals surface area contributed by atoms with E-state index in [1.165, 1.54) is 6.07 Å². The van der Waals surface area contributed by atoms with Gasteiger partial charge in [-0.3, -0.25) is 9.59 Å². The monoisotopic (exact) mass is 478 g/mol. The molecular formula is C24H16Cl2N4O3. The van der Waals surface area contributed by atoms with E-state index in [0.29, 0.717) is 27.2 Å². The number of hydrogen-bond acceptors (Lipinski definition) is 4. The number of nitrogens with zero attached hydrogens (tertiary/aromatic N) is 2. The molecule has 7 nitrogen and oxygen atoms in total. The second kappa shape index (κ2) is 8.27. The highest BCUT2D eigenvalue weighted by atomic mass is 35.5. The Kier molecular flexibility index (Phi) is 5.28. The van der Waals surface area contributed by atoms with E-state index in [0.717, 1.165) is 10.1 Å². The Labute approximate surface area is 197 Å². The van der Waals surface area contributed by atoms with Crippen LogP contribution in [0.5, 0.6) is 5.75 Å². The van der Waals surface area contributed by atoms with Gasteiger partial charge in [-0.2, -0.15) is 9.61 Å². The van der Waals surface area contributed by atoms with E-state index in [-0.39, 0.29) is 28.5 Å². The van der Waals surface area contributed by atoms with Crippen LogP contribution in [-0.4, -0.2) is 20.5 Å². The van der Waals surface area contributed by atoms with Crippen LogP contribution in [-0.2, 0) is 6.61 Å². The van der Waals surface area contributed by atoms with Crippen molar-refractivity contribution in [3.8, 4) is 17.0 Å². The number of aromatic amines is 1. The van der Waals surface area contributed by atoms with Gasteiger partial charge in [-0.1, -0.05) is 59.6 Å². The fourth-order valence-corrected chi connectivity index (χ4v) is 4.23. The molecule has 33 heavy (non-hydrogen) atoms. The first-order valence-electron chi connectivity index (χ1n) is 9.93. The molecule has 0 unspecified atom stereocenters. The molecule has 0 saturated carbocycles. The van der Waals surface area contributed by atoms with Crippen LogP contribution in [0.1, 0.15) is 15.9 Å². The molecule has 5 rings (SSSR count). The number of nitrogens with two attached hydrogens (primary N) is 1. The number of amides is 1. The third-order valence-electron chi connectivity index (χ3n) is 5.24. The minimum atomic E-state index is -0.752. The lowest BCUT2D eigenvalue weighted by Crippen LogP contribution is -2.18. The summed E-state index contributed by atoms with van der Waals surface area (Å²) < 4.78 is 7.06. The third kappa shape index (κ3) is 3.71. The summed E-state index contributed by atoms with van der Waals surface area (Å²) in [6.07, 6.45) is 0. The highest BCUT2D eigenvalue weighted by Gasteiger charge is 2.24. The van der Waals surface area contributed by atoms with Crippen molar-refractivity contribution in [2.75, 3.05) is 0 Å². The van der Waals surface area contributed by atoms with Crippen LogP contribution in [0, 0.1) is 0 Å². The molecule has 2 heterocycles. The zero-order valence-electron chi connectivity index (χ0n) is 17.0. The summed E-state index contributed by atoms with van der Waals surface area (Å²) in [5.41, 5.74) is 7.48. The lowest BCUT2D eigenvalue weighted by molar-refractivity contribution is 0.100. The van der Waals surface area contributed by atoms with Gasteiger partial charge in [0, 0.05) is 10.6 Å². The summed E-state index contributed by atoms with van der Waals surface area (Å²) in [5.74, 6) is -0.362. The van der Waals surface area contributed by atoms with Crippen molar-refractivity contribution in [1.82, 2.24) is 14.6 Å². The van der Waals surface area contributed by atoms with Gasteiger partial charge in [-0.15, -0.1) is 0 Å². The van der Waals surface area contributed by atoms with Crippen molar-refractivity contribution in [2.24, 2.45) is 5.73 Å². The zero-order chi connectivity index (χ0) is 23.1. The smallest absolute Gasteiger partial charge is 0.286 e. The van der Waals surface area contributed by atoms with Crippen molar-refractivity contribution < 1.29 is 9.53 Å². The van der Waals surface area contributed by atoms with Crippen molar-refractivity contribution in [3.63, 3.8) is 0 Å². The quantitative estimate of drug-likeness (QED) is 0.377.